The number of ketones is 1. The molecule has 2 rings (SSSR count). The minimum absolute atomic E-state index is 0.0200. The van der Waals surface area contributed by atoms with Crippen LogP contribution >= 0.6 is 11.8 Å². The lowest BCUT2D eigenvalue weighted by Crippen LogP contribution is -2.25. The smallest absolute Gasteiger partial charge is 0.180 e. The second kappa shape index (κ2) is 7.55. The molecule has 1 aliphatic rings. The molecule has 4 nitrogen and oxygen atoms in total. The fourth-order valence-electron chi connectivity index (χ4n) is 2.23. The minimum Gasteiger partial charge on any atom is -0.493 e. The monoisotopic (exact) mass is 295 g/mol. The van der Waals surface area contributed by atoms with Gasteiger partial charge < -0.3 is 14.8 Å². The topological polar surface area (TPSA) is 47.6 Å². The summed E-state index contributed by atoms with van der Waals surface area (Å²) in [5, 5.41) is 2.89. The summed E-state index contributed by atoms with van der Waals surface area (Å²) in [5.41, 5.74) is 0.594. The normalized spacial score (nSPS) is 15.9. The van der Waals surface area contributed by atoms with Gasteiger partial charge in [-0.3, -0.25) is 4.79 Å². The molecule has 0 spiro atoms. The summed E-state index contributed by atoms with van der Waals surface area (Å²) >= 11 is 1.95. The van der Waals surface area contributed by atoms with Crippen LogP contribution in [0.15, 0.2) is 18.2 Å². The molecule has 0 aromatic heterocycles. The third-order valence-corrected chi connectivity index (χ3v) is 4.34. The lowest BCUT2D eigenvalue weighted by atomic mass is 10.1. The number of hydrogen-bond donors (Lipinski definition) is 1. The molecule has 1 N–H and O–H groups in total. The van der Waals surface area contributed by atoms with Crippen molar-refractivity contribution in [2.24, 2.45) is 0 Å². The average molecular weight is 295 g/mol. The summed E-state index contributed by atoms with van der Waals surface area (Å²) in [6.07, 6.45) is 2.21. The van der Waals surface area contributed by atoms with Gasteiger partial charge in [0.25, 0.3) is 0 Å². The predicted molar refractivity (Wildman–Crippen MR) is 82.2 cm³/mol. The average Bonchev–Trinajstić information content (AvgIpc) is 2.48. The number of hydrogen-bond acceptors (Lipinski definition) is 5. The van der Waals surface area contributed by atoms with Crippen LogP contribution in [0.4, 0.5) is 0 Å². The standard InChI is InChI=1S/C15H21NO3S/c1-16-10-13(17)12-4-3-5-14(18-2)15(12)19-11-6-8-20-9-7-11/h3-5,11,16H,6-10H2,1-2H3. The van der Waals surface area contributed by atoms with Crippen LogP contribution in [-0.4, -0.2) is 44.1 Å². The van der Waals surface area contributed by atoms with Crippen LogP contribution in [-0.2, 0) is 0 Å². The zero-order valence-electron chi connectivity index (χ0n) is 12.0. The van der Waals surface area contributed by atoms with E-state index in [1.54, 1.807) is 20.2 Å². The number of likely N-dealkylation sites (N-methyl/N-ethyl adjacent to an activating group) is 1. The quantitative estimate of drug-likeness (QED) is 0.817. The van der Waals surface area contributed by atoms with Gasteiger partial charge in [0.1, 0.15) is 6.10 Å². The van der Waals surface area contributed by atoms with Crippen LogP contribution in [0, 0.1) is 0 Å². The van der Waals surface area contributed by atoms with E-state index in [0.717, 1.165) is 24.3 Å². The SMILES string of the molecule is CNCC(=O)c1cccc(OC)c1OC1CCSCC1. The molecule has 1 heterocycles. The summed E-state index contributed by atoms with van der Waals surface area (Å²) in [7, 11) is 3.36. The van der Waals surface area contributed by atoms with Crippen LogP contribution in [0.2, 0.25) is 0 Å². The fraction of sp³-hybridized carbons (Fsp3) is 0.533. The third kappa shape index (κ3) is 3.67. The summed E-state index contributed by atoms with van der Waals surface area (Å²) in [5.74, 6) is 3.46. The van der Waals surface area contributed by atoms with Gasteiger partial charge >= 0.3 is 0 Å². The van der Waals surface area contributed by atoms with E-state index in [1.165, 1.54) is 0 Å². The zero-order chi connectivity index (χ0) is 14.4. The molecular weight excluding hydrogens is 274 g/mol. The number of benzene rings is 1. The van der Waals surface area contributed by atoms with Crippen LogP contribution < -0.4 is 14.8 Å². The Morgan fingerprint density at radius 1 is 1.40 bits per heavy atom. The van der Waals surface area contributed by atoms with Gasteiger partial charge in [-0.15, -0.1) is 0 Å². The number of Topliss-reactive ketones (excluding diaryl/α,β-unsaturated/α-hetero) is 1. The largest absolute Gasteiger partial charge is 0.493 e. The maximum absolute atomic E-state index is 12.2. The second-order valence-corrected chi connectivity index (χ2v) is 5.94. The number of para-hydroxylation sites is 1. The fourth-order valence-corrected chi connectivity index (χ4v) is 3.30. The van der Waals surface area contributed by atoms with E-state index in [-0.39, 0.29) is 11.9 Å². The van der Waals surface area contributed by atoms with Crippen molar-refractivity contribution in [2.45, 2.75) is 18.9 Å². The first kappa shape index (κ1) is 15.2. The van der Waals surface area contributed by atoms with Crippen molar-refractivity contribution in [1.29, 1.82) is 0 Å². The summed E-state index contributed by atoms with van der Waals surface area (Å²) in [6.45, 7) is 0.296. The molecule has 0 radical (unpaired) electrons. The number of ether oxygens (including phenoxy) is 2. The lowest BCUT2D eigenvalue weighted by Gasteiger charge is -2.25. The molecule has 20 heavy (non-hydrogen) atoms. The highest BCUT2D eigenvalue weighted by Gasteiger charge is 2.22. The van der Waals surface area contributed by atoms with Gasteiger partial charge in [0.2, 0.25) is 0 Å². The summed E-state index contributed by atoms with van der Waals surface area (Å²) in [6, 6.07) is 5.46. The Kier molecular flexibility index (Phi) is 5.73. The van der Waals surface area contributed by atoms with Crippen molar-refractivity contribution in [3.05, 3.63) is 23.8 Å². The van der Waals surface area contributed by atoms with Crippen molar-refractivity contribution in [2.75, 3.05) is 32.2 Å². The number of carbonyl (C=O) groups is 1. The van der Waals surface area contributed by atoms with E-state index in [0.29, 0.717) is 23.6 Å². The van der Waals surface area contributed by atoms with Crippen molar-refractivity contribution in [3.8, 4) is 11.5 Å². The van der Waals surface area contributed by atoms with Crippen LogP contribution in [0.3, 0.4) is 0 Å². The van der Waals surface area contributed by atoms with Crippen molar-refractivity contribution < 1.29 is 14.3 Å². The maximum Gasteiger partial charge on any atom is 0.180 e. The molecule has 0 amide bonds. The second-order valence-electron chi connectivity index (χ2n) is 4.72. The van der Waals surface area contributed by atoms with Crippen molar-refractivity contribution in [3.63, 3.8) is 0 Å². The van der Waals surface area contributed by atoms with E-state index < -0.39 is 0 Å². The first-order chi connectivity index (χ1) is 9.76. The van der Waals surface area contributed by atoms with E-state index in [9.17, 15) is 4.79 Å². The van der Waals surface area contributed by atoms with Crippen molar-refractivity contribution in [1.82, 2.24) is 5.32 Å². The number of carbonyl (C=O) groups excluding carboxylic acids is 1. The highest BCUT2D eigenvalue weighted by Crippen LogP contribution is 2.34. The summed E-state index contributed by atoms with van der Waals surface area (Å²) in [4.78, 5) is 12.2. The molecule has 1 aromatic carbocycles. The highest BCUT2D eigenvalue weighted by molar-refractivity contribution is 7.99. The highest BCUT2D eigenvalue weighted by atomic mass is 32.2. The van der Waals surface area contributed by atoms with Crippen LogP contribution in [0.25, 0.3) is 0 Å². The third-order valence-electron chi connectivity index (χ3n) is 3.29. The maximum atomic E-state index is 12.2. The van der Waals surface area contributed by atoms with Crippen molar-refractivity contribution >= 4 is 17.5 Å². The lowest BCUT2D eigenvalue weighted by molar-refractivity contribution is 0.0983. The van der Waals surface area contributed by atoms with Crippen LogP contribution in [0.1, 0.15) is 23.2 Å². The Labute approximate surface area is 124 Å². The van der Waals surface area contributed by atoms with Gasteiger partial charge in [0.15, 0.2) is 17.3 Å². The van der Waals surface area contributed by atoms with E-state index in [4.69, 9.17) is 9.47 Å². The Balaban J connectivity index is 2.24. The molecule has 5 heteroatoms. The molecule has 1 saturated heterocycles. The Hall–Kier alpha value is -1.20. The van der Waals surface area contributed by atoms with Gasteiger partial charge in [-0.2, -0.15) is 11.8 Å². The van der Waals surface area contributed by atoms with Gasteiger partial charge in [-0.1, -0.05) is 6.07 Å². The molecule has 0 unspecified atom stereocenters. The Morgan fingerprint density at radius 3 is 2.80 bits per heavy atom. The Morgan fingerprint density at radius 2 is 2.15 bits per heavy atom. The number of rotatable bonds is 6. The van der Waals surface area contributed by atoms with Crippen LogP contribution in [0.5, 0.6) is 11.5 Å². The molecule has 1 fully saturated rings. The van der Waals surface area contributed by atoms with E-state index in [2.05, 4.69) is 5.32 Å². The number of nitrogens with one attached hydrogen (secondary N) is 1. The molecular formula is C15H21NO3S. The first-order valence-electron chi connectivity index (χ1n) is 6.85. The minimum atomic E-state index is 0.0200. The molecule has 0 bridgehead atoms. The number of methoxy groups -OCH3 is 1. The van der Waals surface area contributed by atoms with Gasteiger partial charge in [0.05, 0.1) is 19.2 Å². The molecule has 0 atom stereocenters. The molecule has 1 aromatic rings. The van der Waals surface area contributed by atoms with E-state index >= 15 is 0 Å². The zero-order valence-corrected chi connectivity index (χ0v) is 12.8. The molecule has 0 aliphatic carbocycles. The molecule has 1 aliphatic heterocycles. The van der Waals surface area contributed by atoms with Gasteiger partial charge in [0, 0.05) is 0 Å². The molecule has 0 saturated carbocycles. The first-order valence-corrected chi connectivity index (χ1v) is 8.01. The van der Waals surface area contributed by atoms with Gasteiger partial charge in [-0.25, -0.2) is 0 Å². The molecule has 110 valence electrons. The van der Waals surface area contributed by atoms with Gasteiger partial charge in [-0.05, 0) is 43.5 Å². The van der Waals surface area contributed by atoms with E-state index in [1.807, 2.05) is 23.9 Å². The Bertz CT molecular complexity index is 458. The predicted octanol–water partition coefficient (Wildman–Crippen LogP) is 2.37. The summed E-state index contributed by atoms with van der Waals surface area (Å²) < 4.78 is 11.4. The number of thioether (sulfide) groups is 1.